The number of hydrogen-bond donors (Lipinski definition) is 0. The highest BCUT2D eigenvalue weighted by Gasteiger charge is 2.87. The maximum Gasteiger partial charge on any atom is 0.271 e. The van der Waals surface area contributed by atoms with Crippen molar-refractivity contribution in [3.63, 3.8) is 0 Å². The molecule has 2 fully saturated rings. The number of anilines is 1. The fraction of sp³-hybridized carbons (Fsp3) is 0.375. The molecule has 0 aromatic heterocycles. The number of carbonyl (C=O) groups is 2. The fourth-order valence-corrected chi connectivity index (χ4v) is 7.11. The number of nitrogens with zero attached hydrogens (tertiary/aromatic N) is 2. The van der Waals surface area contributed by atoms with Crippen molar-refractivity contribution >= 4 is 92.8 Å². The van der Waals surface area contributed by atoms with Gasteiger partial charge in [-0.1, -0.05) is 52.5 Å². The van der Waals surface area contributed by atoms with E-state index < -0.39 is 42.7 Å². The molecule has 1 aliphatic heterocycles. The third-order valence-corrected chi connectivity index (χ3v) is 9.81. The maximum absolute atomic E-state index is 13.3. The van der Waals surface area contributed by atoms with Gasteiger partial charge in [0.2, 0.25) is 11.8 Å². The van der Waals surface area contributed by atoms with Crippen LogP contribution >= 0.6 is 69.6 Å². The number of fused-ring (bicyclic) bond motifs is 5. The molecule has 1 aromatic rings. The SMILES string of the molecule is Cc1ccc([N+](=O)[O-])cc1N1C(=O)C2C(C1=O)C1(Cl)C(Cl)=C(Cl)C2(Cl)C1(Cl)Cl. The summed E-state index contributed by atoms with van der Waals surface area (Å²) in [5.74, 6) is -4.10. The standard InChI is InChI=1S/C16H8Cl6N2O4/c1-5-2-3-6(24(27)28)4-7(5)23-12(25)8-9(13(23)26)15(20)11(18)10(17)14(8,19)16(15,21)22/h2-4,8-9H,1H3. The number of allylic oxidation sites excluding steroid dienone is 2. The number of carbonyl (C=O) groups excluding carboxylic acids is 2. The van der Waals surface area contributed by atoms with Gasteiger partial charge in [0.25, 0.3) is 5.69 Å². The zero-order chi connectivity index (χ0) is 21.0. The Kier molecular flexibility index (Phi) is 4.32. The predicted molar refractivity (Wildman–Crippen MR) is 108 cm³/mol. The minimum absolute atomic E-state index is 0.0422. The van der Waals surface area contributed by atoms with E-state index in [9.17, 15) is 19.7 Å². The van der Waals surface area contributed by atoms with Gasteiger partial charge in [-0.25, -0.2) is 4.90 Å². The Morgan fingerprint density at radius 1 is 1.00 bits per heavy atom. The highest BCUT2D eigenvalue weighted by atomic mass is 35.5. The fourth-order valence-electron chi connectivity index (χ4n) is 4.18. The van der Waals surface area contributed by atoms with Gasteiger partial charge in [-0.3, -0.25) is 19.7 Å². The number of imide groups is 1. The van der Waals surface area contributed by atoms with E-state index in [1.807, 2.05) is 0 Å². The van der Waals surface area contributed by atoms with Gasteiger partial charge in [0.1, 0.15) is 9.75 Å². The lowest BCUT2D eigenvalue weighted by molar-refractivity contribution is -0.384. The molecule has 6 nitrogen and oxygen atoms in total. The second-order valence-electron chi connectivity index (χ2n) is 6.82. The lowest BCUT2D eigenvalue weighted by Crippen LogP contribution is -2.50. The van der Waals surface area contributed by atoms with Gasteiger partial charge in [0.05, 0.1) is 32.5 Å². The monoisotopic (exact) mass is 502 g/mol. The third kappa shape index (κ3) is 1.99. The summed E-state index contributed by atoms with van der Waals surface area (Å²) in [4.78, 5) is 34.0. The number of non-ortho nitro benzene ring substituents is 1. The van der Waals surface area contributed by atoms with Gasteiger partial charge >= 0.3 is 0 Å². The van der Waals surface area contributed by atoms with Crippen LogP contribution in [0.25, 0.3) is 0 Å². The average molecular weight is 505 g/mol. The molecule has 2 amide bonds. The second-order valence-corrected chi connectivity index (χ2v) is 10.1. The molecule has 2 aliphatic carbocycles. The molecule has 1 saturated heterocycles. The molecule has 28 heavy (non-hydrogen) atoms. The van der Waals surface area contributed by atoms with Crippen molar-refractivity contribution in [3.8, 4) is 0 Å². The number of benzene rings is 1. The molecule has 12 heteroatoms. The molecule has 148 valence electrons. The third-order valence-electron chi connectivity index (χ3n) is 5.55. The van der Waals surface area contributed by atoms with Crippen LogP contribution in [0.5, 0.6) is 0 Å². The van der Waals surface area contributed by atoms with Crippen LogP contribution in [0.4, 0.5) is 11.4 Å². The molecule has 2 bridgehead atoms. The van der Waals surface area contributed by atoms with Crippen LogP contribution in [-0.4, -0.2) is 30.8 Å². The first-order valence-corrected chi connectivity index (χ1v) is 10.0. The van der Waals surface area contributed by atoms with E-state index in [1.165, 1.54) is 12.1 Å². The van der Waals surface area contributed by atoms with Gasteiger partial charge in [-0.05, 0) is 12.5 Å². The average Bonchev–Trinajstić information content (AvgIpc) is 3.00. The zero-order valence-corrected chi connectivity index (χ0v) is 18.2. The van der Waals surface area contributed by atoms with E-state index in [-0.39, 0.29) is 21.4 Å². The Hall–Kier alpha value is -0.760. The Balaban J connectivity index is 1.91. The van der Waals surface area contributed by atoms with Gasteiger partial charge in [-0.15, -0.1) is 23.2 Å². The zero-order valence-electron chi connectivity index (χ0n) is 13.7. The number of nitro groups is 1. The van der Waals surface area contributed by atoms with E-state index >= 15 is 0 Å². The summed E-state index contributed by atoms with van der Waals surface area (Å²) in [7, 11) is 0. The van der Waals surface area contributed by atoms with Crippen LogP contribution < -0.4 is 4.90 Å². The van der Waals surface area contributed by atoms with Crippen LogP contribution in [0.1, 0.15) is 5.56 Å². The van der Waals surface area contributed by atoms with Crippen molar-refractivity contribution in [3.05, 3.63) is 43.9 Å². The second kappa shape index (κ2) is 5.90. The first-order chi connectivity index (χ1) is 12.8. The van der Waals surface area contributed by atoms with Gasteiger partial charge < -0.3 is 0 Å². The summed E-state index contributed by atoms with van der Waals surface area (Å²) in [5.41, 5.74) is 0.209. The predicted octanol–water partition coefficient (Wildman–Crippen LogP) is 4.85. The summed E-state index contributed by atoms with van der Waals surface area (Å²) < 4.78 is -2.03. The number of aryl methyl sites for hydroxylation is 1. The highest BCUT2D eigenvalue weighted by molar-refractivity contribution is 6.67. The lowest BCUT2D eigenvalue weighted by atomic mass is 9.84. The molecular weight excluding hydrogens is 497 g/mol. The molecule has 4 atom stereocenters. The van der Waals surface area contributed by atoms with Gasteiger partial charge in [0, 0.05) is 12.1 Å². The first kappa shape index (κ1) is 20.5. The number of halogens is 6. The highest BCUT2D eigenvalue weighted by Crippen LogP contribution is 2.77. The Bertz CT molecular complexity index is 980. The van der Waals surface area contributed by atoms with Crippen molar-refractivity contribution < 1.29 is 14.5 Å². The molecule has 0 N–H and O–H groups in total. The summed E-state index contributed by atoms with van der Waals surface area (Å²) in [5, 5.41) is 10.7. The van der Waals surface area contributed by atoms with Crippen molar-refractivity contribution in [1.29, 1.82) is 0 Å². The van der Waals surface area contributed by atoms with Crippen LogP contribution in [0.2, 0.25) is 0 Å². The van der Waals surface area contributed by atoms with Crippen molar-refractivity contribution in [1.82, 2.24) is 0 Å². The minimum atomic E-state index is -2.03. The summed E-state index contributed by atoms with van der Waals surface area (Å²) >= 11 is 38.5. The van der Waals surface area contributed by atoms with Crippen LogP contribution in [0, 0.1) is 28.9 Å². The molecule has 3 aliphatic rings. The number of rotatable bonds is 2. The quantitative estimate of drug-likeness (QED) is 0.249. The molecule has 0 spiro atoms. The first-order valence-electron chi connectivity index (χ1n) is 7.78. The Labute approximate surface area is 188 Å². The van der Waals surface area contributed by atoms with Crippen molar-refractivity contribution in [2.24, 2.45) is 11.8 Å². The molecule has 0 radical (unpaired) electrons. The molecular formula is C16H8Cl6N2O4. The Morgan fingerprint density at radius 3 is 1.89 bits per heavy atom. The van der Waals surface area contributed by atoms with Crippen LogP contribution in [0.3, 0.4) is 0 Å². The van der Waals surface area contributed by atoms with E-state index in [0.717, 1.165) is 11.0 Å². The smallest absolute Gasteiger partial charge is 0.271 e. The number of hydrogen-bond acceptors (Lipinski definition) is 4. The maximum atomic E-state index is 13.3. The summed E-state index contributed by atoms with van der Waals surface area (Å²) in [6, 6.07) is 3.81. The topological polar surface area (TPSA) is 80.5 Å². The number of alkyl halides is 4. The van der Waals surface area contributed by atoms with E-state index in [4.69, 9.17) is 69.6 Å². The number of amides is 2. The van der Waals surface area contributed by atoms with E-state index in [0.29, 0.717) is 5.56 Å². The molecule has 4 unspecified atom stereocenters. The molecule has 1 saturated carbocycles. The van der Waals surface area contributed by atoms with Crippen LogP contribution in [-0.2, 0) is 9.59 Å². The van der Waals surface area contributed by atoms with E-state index in [2.05, 4.69) is 0 Å². The van der Waals surface area contributed by atoms with Crippen LogP contribution in [0.15, 0.2) is 28.3 Å². The number of nitro benzene ring substituents is 1. The largest absolute Gasteiger partial charge is 0.274 e. The lowest BCUT2D eigenvalue weighted by Gasteiger charge is -2.34. The molecule has 4 rings (SSSR count). The van der Waals surface area contributed by atoms with Crippen molar-refractivity contribution in [2.75, 3.05) is 4.90 Å². The summed E-state index contributed by atoms with van der Waals surface area (Å²) in [6.45, 7) is 1.60. The van der Waals surface area contributed by atoms with Gasteiger partial charge in [0.15, 0.2) is 4.33 Å². The van der Waals surface area contributed by atoms with E-state index in [1.54, 1.807) is 6.92 Å². The van der Waals surface area contributed by atoms with Crippen molar-refractivity contribution in [2.45, 2.75) is 21.0 Å². The summed E-state index contributed by atoms with van der Waals surface area (Å²) in [6.07, 6.45) is 0. The minimum Gasteiger partial charge on any atom is -0.274 e. The molecule has 1 aromatic carbocycles. The van der Waals surface area contributed by atoms with Gasteiger partial charge in [-0.2, -0.15) is 0 Å². The molecule has 1 heterocycles. The Morgan fingerprint density at radius 2 is 1.46 bits per heavy atom. The normalized spacial score (nSPS) is 35.8.